The van der Waals surface area contributed by atoms with Gasteiger partial charge in [0.2, 0.25) is 0 Å². The van der Waals surface area contributed by atoms with Crippen molar-refractivity contribution in [1.82, 2.24) is 19.9 Å². The monoisotopic (exact) mass is 281 g/mol. The van der Waals surface area contributed by atoms with E-state index in [4.69, 9.17) is 5.73 Å². The summed E-state index contributed by atoms with van der Waals surface area (Å²) in [5, 5.41) is 1.35. The van der Waals surface area contributed by atoms with Gasteiger partial charge in [-0.1, -0.05) is 30.3 Å². The first kappa shape index (κ1) is 12.6. The van der Waals surface area contributed by atoms with Gasteiger partial charge in [-0.3, -0.25) is 0 Å². The SMILES string of the molecule is Nc1cc(Sc2ncccn2)nc(-c2ccccc2)n1. The van der Waals surface area contributed by atoms with Crippen molar-refractivity contribution in [1.29, 1.82) is 0 Å². The van der Waals surface area contributed by atoms with E-state index in [1.807, 2.05) is 30.3 Å². The zero-order valence-corrected chi connectivity index (χ0v) is 11.3. The number of benzene rings is 1. The third-order valence-corrected chi connectivity index (χ3v) is 3.30. The van der Waals surface area contributed by atoms with Crippen molar-refractivity contribution in [2.75, 3.05) is 5.73 Å². The molecule has 0 aliphatic heterocycles. The van der Waals surface area contributed by atoms with Gasteiger partial charge >= 0.3 is 0 Å². The largest absolute Gasteiger partial charge is 0.384 e. The number of hydrogen-bond acceptors (Lipinski definition) is 6. The average Bonchev–Trinajstić information content (AvgIpc) is 2.49. The molecule has 0 amide bonds. The normalized spacial score (nSPS) is 10.4. The maximum Gasteiger partial charge on any atom is 0.193 e. The lowest BCUT2D eigenvalue weighted by atomic mass is 10.2. The Morgan fingerprint density at radius 2 is 1.65 bits per heavy atom. The number of nitrogens with two attached hydrogens (primary N) is 1. The maximum absolute atomic E-state index is 5.85. The minimum absolute atomic E-state index is 0.428. The summed E-state index contributed by atoms with van der Waals surface area (Å²) in [6.07, 6.45) is 3.38. The molecule has 3 rings (SSSR count). The van der Waals surface area contributed by atoms with Crippen molar-refractivity contribution in [3.63, 3.8) is 0 Å². The Hall–Kier alpha value is -2.47. The van der Waals surface area contributed by atoms with Gasteiger partial charge < -0.3 is 5.73 Å². The van der Waals surface area contributed by atoms with Crippen LogP contribution in [0.25, 0.3) is 11.4 Å². The molecule has 0 atom stereocenters. The Morgan fingerprint density at radius 1 is 0.900 bits per heavy atom. The molecule has 0 saturated heterocycles. The van der Waals surface area contributed by atoms with Gasteiger partial charge in [0, 0.05) is 24.0 Å². The molecule has 0 bridgehead atoms. The summed E-state index contributed by atoms with van der Waals surface area (Å²) in [4.78, 5) is 17.1. The Labute approximate surface area is 120 Å². The highest BCUT2D eigenvalue weighted by molar-refractivity contribution is 7.99. The number of aromatic nitrogens is 4. The highest BCUT2D eigenvalue weighted by Crippen LogP contribution is 2.26. The molecule has 0 radical (unpaired) electrons. The van der Waals surface area contributed by atoms with E-state index in [0.717, 1.165) is 10.6 Å². The van der Waals surface area contributed by atoms with Crippen LogP contribution in [0.5, 0.6) is 0 Å². The summed E-state index contributed by atoms with van der Waals surface area (Å²) in [5.41, 5.74) is 6.77. The van der Waals surface area contributed by atoms with Gasteiger partial charge in [-0.15, -0.1) is 0 Å². The molecule has 98 valence electrons. The topological polar surface area (TPSA) is 77.6 Å². The fourth-order valence-corrected chi connectivity index (χ4v) is 2.37. The minimum Gasteiger partial charge on any atom is -0.384 e. The van der Waals surface area contributed by atoms with E-state index >= 15 is 0 Å². The van der Waals surface area contributed by atoms with Crippen LogP contribution in [0.15, 0.2) is 65.0 Å². The first-order valence-corrected chi connectivity index (χ1v) is 6.78. The van der Waals surface area contributed by atoms with E-state index in [1.54, 1.807) is 24.5 Å². The van der Waals surface area contributed by atoms with E-state index in [2.05, 4.69) is 19.9 Å². The Balaban J connectivity index is 1.95. The van der Waals surface area contributed by atoms with E-state index in [0.29, 0.717) is 16.8 Å². The zero-order chi connectivity index (χ0) is 13.8. The third kappa shape index (κ3) is 2.92. The molecular formula is C14H11N5S. The number of hydrogen-bond donors (Lipinski definition) is 1. The highest BCUT2D eigenvalue weighted by Gasteiger charge is 2.07. The summed E-state index contributed by atoms with van der Waals surface area (Å²) >= 11 is 1.36. The predicted octanol–water partition coefficient (Wildman–Crippen LogP) is 2.67. The fourth-order valence-electron chi connectivity index (χ4n) is 1.64. The number of nitrogen functional groups attached to an aromatic ring is 1. The summed E-state index contributed by atoms with van der Waals surface area (Å²) in [6, 6.07) is 13.2. The van der Waals surface area contributed by atoms with Crippen molar-refractivity contribution in [2.45, 2.75) is 10.2 Å². The smallest absolute Gasteiger partial charge is 0.193 e. The van der Waals surface area contributed by atoms with Crippen molar-refractivity contribution in [2.24, 2.45) is 0 Å². The van der Waals surface area contributed by atoms with Gasteiger partial charge in [-0.2, -0.15) is 0 Å². The molecular weight excluding hydrogens is 270 g/mol. The molecule has 0 spiro atoms. The first-order valence-electron chi connectivity index (χ1n) is 5.96. The van der Waals surface area contributed by atoms with Gasteiger partial charge in [0.1, 0.15) is 10.8 Å². The molecule has 0 fully saturated rings. The molecule has 0 unspecified atom stereocenters. The van der Waals surface area contributed by atoms with Crippen molar-refractivity contribution < 1.29 is 0 Å². The molecule has 2 heterocycles. The van der Waals surface area contributed by atoms with Gasteiger partial charge in [-0.25, -0.2) is 19.9 Å². The lowest BCUT2D eigenvalue weighted by Gasteiger charge is -2.04. The molecule has 2 N–H and O–H groups in total. The molecule has 6 heteroatoms. The standard InChI is InChI=1S/C14H11N5S/c15-11-9-12(20-14-16-7-4-8-17-14)19-13(18-11)10-5-2-1-3-6-10/h1-9H,(H2,15,18,19). The van der Waals surface area contributed by atoms with Crippen molar-refractivity contribution >= 4 is 17.6 Å². The van der Waals surface area contributed by atoms with Gasteiger partial charge in [-0.05, 0) is 17.8 Å². The summed E-state index contributed by atoms with van der Waals surface area (Å²) < 4.78 is 0. The van der Waals surface area contributed by atoms with Gasteiger partial charge in [0.05, 0.1) is 0 Å². The van der Waals surface area contributed by atoms with Crippen LogP contribution >= 0.6 is 11.8 Å². The predicted molar refractivity (Wildman–Crippen MR) is 78.0 cm³/mol. The minimum atomic E-state index is 0.428. The number of nitrogens with zero attached hydrogens (tertiary/aromatic N) is 4. The van der Waals surface area contributed by atoms with Crippen LogP contribution in [-0.4, -0.2) is 19.9 Å². The van der Waals surface area contributed by atoms with E-state index < -0.39 is 0 Å². The first-order chi connectivity index (χ1) is 9.81. The van der Waals surface area contributed by atoms with Crippen LogP contribution in [0.4, 0.5) is 5.82 Å². The van der Waals surface area contributed by atoms with Gasteiger partial charge in [0.15, 0.2) is 11.0 Å². The average molecular weight is 281 g/mol. The van der Waals surface area contributed by atoms with E-state index in [-0.39, 0.29) is 0 Å². The maximum atomic E-state index is 5.85. The quantitative estimate of drug-likeness (QED) is 0.587. The van der Waals surface area contributed by atoms with Crippen LogP contribution in [-0.2, 0) is 0 Å². The summed E-state index contributed by atoms with van der Waals surface area (Å²) in [6.45, 7) is 0. The molecule has 5 nitrogen and oxygen atoms in total. The second kappa shape index (κ2) is 5.66. The Kier molecular flexibility index (Phi) is 3.56. The second-order valence-electron chi connectivity index (χ2n) is 3.95. The molecule has 2 aromatic heterocycles. The van der Waals surface area contributed by atoms with E-state index in [1.165, 1.54) is 11.8 Å². The zero-order valence-electron chi connectivity index (χ0n) is 10.5. The fraction of sp³-hybridized carbons (Fsp3) is 0. The van der Waals surface area contributed by atoms with Crippen molar-refractivity contribution in [3.8, 4) is 11.4 Å². The Morgan fingerprint density at radius 3 is 2.40 bits per heavy atom. The molecule has 20 heavy (non-hydrogen) atoms. The lowest BCUT2D eigenvalue weighted by Crippen LogP contribution is -1.97. The van der Waals surface area contributed by atoms with Crippen LogP contribution in [0.2, 0.25) is 0 Å². The summed E-state index contributed by atoms with van der Waals surface area (Å²) in [5.74, 6) is 1.03. The highest BCUT2D eigenvalue weighted by atomic mass is 32.2. The molecule has 1 aromatic carbocycles. The molecule has 0 aliphatic carbocycles. The molecule has 0 aliphatic rings. The van der Waals surface area contributed by atoms with Crippen LogP contribution in [0.1, 0.15) is 0 Å². The third-order valence-electron chi connectivity index (χ3n) is 2.49. The van der Waals surface area contributed by atoms with E-state index in [9.17, 15) is 0 Å². The molecule has 0 saturated carbocycles. The number of rotatable bonds is 3. The van der Waals surface area contributed by atoms with Crippen LogP contribution < -0.4 is 5.73 Å². The Bertz CT molecular complexity index is 703. The second-order valence-corrected chi connectivity index (χ2v) is 4.94. The lowest BCUT2D eigenvalue weighted by molar-refractivity contribution is 0.957. The van der Waals surface area contributed by atoms with Crippen LogP contribution in [0, 0.1) is 0 Å². The van der Waals surface area contributed by atoms with Gasteiger partial charge in [0.25, 0.3) is 0 Å². The summed E-state index contributed by atoms with van der Waals surface area (Å²) in [7, 11) is 0. The van der Waals surface area contributed by atoms with Crippen molar-refractivity contribution in [3.05, 3.63) is 54.9 Å². The molecule has 3 aromatic rings. The number of anilines is 1. The van der Waals surface area contributed by atoms with Crippen LogP contribution in [0.3, 0.4) is 0 Å².